The molecular weight excluding hydrogens is 842 g/mol. The molecule has 386 valence electrons. The van der Waals surface area contributed by atoms with E-state index in [4.69, 9.17) is 13.8 Å². The van der Waals surface area contributed by atoms with E-state index in [0.29, 0.717) is 12.8 Å². The zero-order valence-electron chi connectivity index (χ0n) is 42.3. The quantitative estimate of drug-likeness (QED) is 0.0262. The van der Waals surface area contributed by atoms with Crippen LogP contribution >= 0.6 is 7.82 Å². The van der Waals surface area contributed by atoms with Crippen LogP contribution in [0.3, 0.4) is 0 Å². The van der Waals surface area contributed by atoms with Crippen molar-refractivity contribution in [3.8, 4) is 0 Å². The average molecular weight is 946 g/mol. The van der Waals surface area contributed by atoms with E-state index in [-0.39, 0.29) is 12.8 Å². The standard InChI is InChI=1S/C53H104NO10P/c1-3-5-7-9-11-13-15-17-19-21-23-24-25-27-28-30-32-34-36-38-40-42-44-51(56)54-50(53(58)59)48-64-65(60,61)63-47-49(55)46-62-52(57)45-43-41-39-37-35-33-31-29-26-22-20-18-16-14-12-10-8-6-4-2/h49-50,55H,3-48H2,1-2H3,(H,54,56)(H,58,59)(H,60,61). The van der Waals surface area contributed by atoms with Gasteiger partial charge in [0.1, 0.15) is 12.7 Å². The molecule has 65 heavy (non-hydrogen) atoms. The van der Waals surface area contributed by atoms with E-state index in [9.17, 15) is 34.1 Å². The third-order valence-electron chi connectivity index (χ3n) is 12.6. The van der Waals surface area contributed by atoms with Crippen LogP contribution in [0.5, 0.6) is 0 Å². The van der Waals surface area contributed by atoms with Crippen molar-refractivity contribution >= 4 is 25.7 Å². The number of unbranched alkanes of at least 4 members (excludes halogenated alkanes) is 39. The molecule has 0 aliphatic carbocycles. The minimum Gasteiger partial charge on any atom is -0.480 e. The lowest BCUT2D eigenvalue weighted by atomic mass is 10.0. The van der Waals surface area contributed by atoms with E-state index in [1.807, 2.05) is 0 Å². The first-order valence-electron chi connectivity index (χ1n) is 27.6. The zero-order valence-corrected chi connectivity index (χ0v) is 43.2. The summed E-state index contributed by atoms with van der Waals surface area (Å²) in [5, 5.41) is 22.0. The zero-order chi connectivity index (χ0) is 47.7. The smallest absolute Gasteiger partial charge is 0.472 e. The number of amides is 1. The van der Waals surface area contributed by atoms with Crippen LogP contribution in [-0.4, -0.2) is 64.9 Å². The number of carbonyl (C=O) groups is 3. The number of phosphoric ester groups is 1. The second kappa shape index (κ2) is 48.9. The highest BCUT2D eigenvalue weighted by atomic mass is 31.2. The summed E-state index contributed by atoms with van der Waals surface area (Å²) in [5.74, 6) is -2.34. The highest BCUT2D eigenvalue weighted by Crippen LogP contribution is 2.43. The summed E-state index contributed by atoms with van der Waals surface area (Å²) >= 11 is 0. The van der Waals surface area contributed by atoms with Crippen LogP contribution in [-0.2, 0) is 32.7 Å². The third kappa shape index (κ3) is 48.7. The van der Waals surface area contributed by atoms with E-state index < -0.39 is 57.6 Å². The lowest BCUT2D eigenvalue weighted by Gasteiger charge is -2.18. The van der Waals surface area contributed by atoms with Gasteiger partial charge < -0.3 is 25.2 Å². The van der Waals surface area contributed by atoms with Gasteiger partial charge in [-0.3, -0.25) is 18.6 Å². The number of rotatable bonds is 53. The molecule has 11 nitrogen and oxygen atoms in total. The normalized spacial score (nSPS) is 13.4. The number of hydrogen-bond donors (Lipinski definition) is 4. The molecule has 3 atom stereocenters. The van der Waals surface area contributed by atoms with Gasteiger partial charge in [-0.15, -0.1) is 0 Å². The van der Waals surface area contributed by atoms with Crippen molar-refractivity contribution in [3.05, 3.63) is 0 Å². The molecule has 0 aromatic carbocycles. The molecule has 4 N–H and O–H groups in total. The number of aliphatic hydroxyl groups excluding tert-OH is 1. The fraction of sp³-hybridized carbons (Fsp3) is 0.943. The number of phosphoric acid groups is 1. The summed E-state index contributed by atoms with van der Waals surface area (Å²) in [6.45, 7) is 2.67. The van der Waals surface area contributed by atoms with Crippen molar-refractivity contribution in [1.29, 1.82) is 0 Å². The topological polar surface area (TPSA) is 169 Å². The predicted molar refractivity (Wildman–Crippen MR) is 268 cm³/mol. The van der Waals surface area contributed by atoms with Crippen LogP contribution in [0.25, 0.3) is 0 Å². The van der Waals surface area contributed by atoms with Gasteiger partial charge in [-0.1, -0.05) is 264 Å². The van der Waals surface area contributed by atoms with Gasteiger partial charge in [0.15, 0.2) is 6.04 Å². The Bertz CT molecular complexity index is 1110. The fourth-order valence-corrected chi connectivity index (χ4v) is 9.15. The maximum Gasteiger partial charge on any atom is 0.472 e. The van der Waals surface area contributed by atoms with Crippen LogP contribution in [0.1, 0.15) is 290 Å². The van der Waals surface area contributed by atoms with E-state index in [2.05, 4.69) is 19.2 Å². The van der Waals surface area contributed by atoms with Gasteiger partial charge in [-0.2, -0.15) is 0 Å². The van der Waals surface area contributed by atoms with Gasteiger partial charge in [-0.25, -0.2) is 9.36 Å². The predicted octanol–water partition coefficient (Wildman–Crippen LogP) is 15.4. The minimum atomic E-state index is -4.76. The number of hydrogen-bond acceptors (Lipinski definition) is 8. The average Bonchev–Trinajstić information content (AvgIpc) is 3.28. The Labute approximate surface area is 399 Å². The Morgan fingerprint density at radius 3 is 1.02 bits per heavy atom. The van der Waals surface area contributed by atoms with Crippen molar-refractivity contribution in [2.45, 2.75) is 302 Å². The molecule has 0 aliphatic heterocycles. The highest BCUT2D eigenvalue weighted by Gasteiger charge is 2.28. The lowest BCUT2D eigenvalue weighted by molar-refractivity contribution is -0.147. The minimum absolute atomic E-state index is 0.153. The van der Waals surface area contributed by atoms with Gasteiger partial charge in [0.05, 0.1) is 13.2 Å². The maximum absolute atomic E-state index is 12.4. The Morgan fingerprint density at radius 1 is 0.431 bits per heavy atom. The molecule has 0 rings (SSSR count). The molecular formula is C53H104NO10P. The Balaban J connectivity index is 3.75. The SMILES string of the molecule is CCCCCCCCCCCCCCCCCCCCCCCCC(=O)NC(COP(=O)(O)OCC(O)COC(=O)CCCCCCCCCCCCCCCCCCCCC)C(=O)O. The molecule has 0 saturated heterocycles. The first-order valence-corrected chi connectivity index (χ1v) is 29.1. The molecule has 1 amide bonds. The second-order valence-electron chi connectivity index (χ2n) is 19.1. The summed E-state index contributed by atoms with van der Waals surface area (Å²) in [4.78, 5) is 46.2. The number of esters is 1. The van der Waals surface area contributed by atoms with Crippen LogP contribution in [0.15, 0.2) is 0 Å². The molecule has 0 fully saturated rings. The number of ether oxygens (including phenoxy) is 1. The van der Waals surface area contributed by atoms with E-state index in [1.54, 1.807) is 0 Å². The molecule has 0 radical (unpaired) electrons. The van der Waals surface area contributed by atoms with Gasteiger partial charge in [0, 0.05) is 12.8 Å². The molecule has 0 spiro atoms. The first kappa shape index (κ1) is 63.5. The van der Waals surface area contributed by atoms with Crippen molar-refractivity contribution in [2.24, 2.45) is 0 Å². The lowest BCUT2D eigenvalue weighted by Crippen LogP contribution is -2.43. The van der Waals surface area contributed by atoms with Crippen molar-refractivity contribution in [2.75, 3.05) is 19.8 Å². The monoisotopic (exact) mass is 946 g/mol. The van der Waals surface area contributed by atoms with Gasteiger partial charge in [0.25, 0.3) is 0 Å². The van der Waals surface area contributed by atoms with Crippen molar-refractivity contribution < 1.29 is 47.8 Å². The molecule has 0 bridgehead atoms. The molecule has 0 aliphatic rings. The largest absolute Gasteiger partial charge is 0.480 e. The molecule has 12 heteroatoms. The van der Waals surface area contributed by atoms with E-state index >= 15 is 0 Å². The molecule has 3 unspecified atom stereocenters. The fourth-order valence-electron chi connectivity index (χ4n) is 8.38. The van der Waals surface area contributed by atoms with Gasteiger partial charge in [-0.05, 0) is 12.8 Å². The number of aliphatic hydroxyl groups is 1. The van der Waals surface area contributed by atoms with Crippen LogP contribution < -0.4 is 5.32 Å². The summed E-state index contributed by atoms with van der Waals surface area (Å²) in [6.07, 6.45) is 51.3. The summed E-state index contributed by atoms with van der Waals surface area (Å²) in [5.41, 5.74) is 0. The molecule has 0 aromatic heterocycles. The van der Waals surface area contributed by atoms with Gasteiger partial charge >= 0.3 is 19.8 Å². The molecule has 0 heterocycles. The van der Waals surface area contributed by atoms with Crippen LogP contribution in [0.4, 0.5) is 0 Å². The third-order valence-corrected chi connectivity index (χ3v) is 13.6. The maximum atomic E-state index is 12.4. The number of carboxylic acid groups (broad SMARTS) is 1. The molecule has 0 aromatic rings. The van der Waals surface area contributed by atoms with Crippen LogP contribution in [0.2, 0.25) is 0 Å². The summed E-state index contributed by atoms with van der Waals surface area (Å²) in [7, 11) is -4.76. The Hall–Kier alpha value is -1.52. The Morgan fingerprint density at radius 2 is 0.708 bits per heavy atom. The number of aliphatic carboxylic acids is 1. The highest BCUT2D eigenvalue weighted by molar-refractivity contribution is 7.47. The summed E-state index contributed by atoms with van der Waals surface area (Å²) < 4.78 is 27.0. The van der Waals surface area contributed by atoms with Gasteiger partial charge in [0.2, 0.25) is 5.91 Å². The first-order chi connectivity index (χ1) is 31.6. The van der Waals surface area contributed by atoms with Crippen molar-refractivity contribution in [1.82, 2.24) is 5.32 Å². The summed E-state index contributed by atoms with van der Waals surface area (Å²) in [6, 6.07) is -1.54. The Kier molecular flexibility index (Phi) is 47.8. The number of carbonyl (C=O) groups excluding carboxylic acids is 2. The van der Waals surface area contributed by atoms with Crippen LogP contribution in [0, 0.1) is 0 Å². The number of nitrogens with one attached hydrogen (secondary N) is 1. The second-order valence-corrected chi connectivity index (χ2v) is 20.6. The molecule has 0 saturated carbocycles. The number of carboxylic acids is 1. The van der Waals surface area contributed by atoms with E-state index in [0.717, 1.165) is 38.5 Å². The van der Waals surface area contributed by atoms with E-state index in [1.165, 1.54) is 212 Å². The van der Waals surface area contributed by atoms with Crippen molar-refractivity contribution in [3.63, 3.8) is 0 Å².